The molecule has 2 aliphatic rings. The first-order valence-electron chi connectivity index (χ1n) is 13.7. The van der Waals surface area contributed by atoms with E-state index in [1.807, 2.05) is 12.1 Å². The van der Waals surface area contributed by atoms with Gasteiger partial charge in [-0.2, -0.15) is 13.2 Å². The zero-order chi connectivity index (χ0) is 26.4. The Bertz CT molecular complexity index is 989. The summed E-state index contributed by atoms with van der Waals surface area (Å²) in [5.74, 6) is -0.816. The molecule has 0 amide bonds. The minimum Gasteiger partial charge on any atom is -0.493 e. The Morgan fingerprint density at radius 1 is 0.919 bits per heavy atom. The van der Waals surface area contributed by atoms with Crippen LogP contribution in [0.2, 0.25) is 0 Å². The second kappa shape index (κ2) is 12.6. The third kappa shape index (κ3) is 6.85. The zero-order valence-electron chi connectivity index (χ0n) is 21.8. The van der Waals surface area contributed by atoms with Crippen molar-refractivity contribution in [3.63, 3.8) is 0 Å². The monoisotopic (exact) mass is 522 g/mol. The molecule has 0 aromatic heterocycles. The molecule has 1 aliphatic carbocycles. The topological polar surface area (TPSA) is 27.7 Å². The first kappa shape index (κ1) is 27.9. The molecule has 0 bridgehead atoms. The van der Waals surface area contributed by atoms with Crippen molar-refractivity contribution in [3.8, 4) is 16.9 Å². The molecule has 2 unspecified atom stereocenters. The number of unbranched alkanes of at least 4 members (excludes halogenated alkanes) is 1. The van der Waals surface area contributed by atoms with Crippen LogP contribution in [-0.4, -0.2) is 32.0 Å². The van der Waals surface area contributed by atoms with Crippen LogP contribution in [0.3, 0.4) is 0 Å². The summed E-state index contributed by atoms with van der Waals surface area (Å²) in [6, 6.07) is 9.87. The maximum absolute atomic E-state index is 15.0. The van der Waals surface area contributed by atoms with E-state index < -0.39 is 23.3 Å². The van der Waals surface area contributed by atoms with Crippen molar-refractivity contribution in [2.24, 2.45) is 5.92 Å². The van der Waals surface area contributed by atoms with Gasteiger partial charge in [-0.15, -0.1) is 0 Å². The average molecular weight is 523 g/mol. The second-order valence-corrected chi connectivity index (χ2v) is 10.3. The highest BCUT2D eigenvalue weighted by Crippen LogP contribution is 2.43. The van der Waals surface area contributed by atoms with Gasteiger partial charge in [0.15, 0.2) is 0 Å². The van der Waals surface area contributed by atoms with Crippen molar-refractivity contribution in [1.82, 2.24) is 0 Å². The van der Waals surface area contributed by atoms with E-state index in [2.05, 4.69) is 6.92 Å². The Labute approximate surface area is 217 Å². The molecule has 2 aromatic rings. The Kier molecular flexibility index (Phi) is 9.51. The van der Waals surface area contributed by atoms with Gasteiger partial charge in [0.25, 0.3) is 0 Å². The lowest BCUT2D eigenvalue weighted by Crippen LogP contribution is -2.37. The minimum atomic E-state index is -4.84. The van der Waals surface area contributed by atoms with Crippen molar-refractivity contribution in [2.75, 3.05) is 19.8 Å². The number of rotatable bonds is 9. The molecule has 1 heterocycles. The molecule has 1 saturated heterocycles. The first-order valence-corrected chi connectivity index (χ1v) is 13.7. The van der Waals surface area contributed by atoms with Crippen molar-refractivity contribution in [1.29, 1.82) is 0 Å². The summed E-state index contributed by atoms with van der Waals surface area (Å²) in [6.07, 6.45) is 4.34. The first-order chi connectivity index (χ1) is 17.8. The molecule has 0 radical (unpaired) electrons. The molecule has 4 rings (SSSR count). The molecule has 2 fully saturated rings. The summed E-state index contributed by atoms with van der Waals surface area (Å²) in [7, 11) is 0. The van der Waals surface area contributed by atoms with E-state index in [-0.39, 0.29) is 18.3 Å². The number of halogens is 4. The molecule has 1 saturated carbocycles. The van der Waals surface area contributed by atoms with Gasteiger partial charge in [0.2, 0.25) is 0 Å². The maximum atomic E-state index is 15.0. The van der Waals surface area contributed by atoms with E-state index in [0.717, 1.165) is 63.5 Å². The molecule has 2 aromatic carbocycles. The summed E-state index contributed by atoms with van der Waals surface area (Å²) in [5, 5.41) is 0. The van der Waals surface area contributed by atoms with E-state index >= 15 is 0 Å². The van der Waals surface area contributed by atoms with Crippen molar-refractivity contribution < 1.29 is 31.8 Å². The fourth-order valence-corrected chi connectivity index (χ4v) is 5.73. The summed E-state index contributed by atoms with van der Waals surface area (Å²) >= 11 is 0. The summed E-state index contributed by atoms with van der Waals surface area (Å²) in [6.45, 7) is 5.26. The Morgan fingerprint density at radius 2 is 1.65 bits per heavy atom. The summed E-state index contributed by atoms with van der Waals surface area (Å²) in [5.41, 5.74) is 0.156. The van der Waals surface area contributed by atoms with Crippen molar-refractivity contribution >= 4 is 0 Å². The summed E-state index contributed by atoms with van der Waals surface area (Å²) in [4.78, 5) is 0. The zero-order valence-corrected chi connectivity index (χ0v) is 21.8. The predicted octanol–water partition coefficient (Wildman–Crippen LogP) is 8.55. The molecule has 0 spiro atoms. The number of hydrogen-bond acceptors (Lipinski definition) is 3. The molecule has 2 atom stereocenters. The standard InChI is InChI=1S/C30H38F4O3/c1-3-5-18-36-24-14-16-26(37-19-24)23-12-8-21(9-13-23)20-6-10-22(11-7-20)25-15-17-27(35-4-2)28(29(25)31)30(32,33)34/h6-7,10-11,15,17,21,23-24,26H,3-5,8-9,12-14,16,18-19H2,1-2H3. The maximum Gasteiger partial charge on any atom is 0.422 e. The lowest BCUT2D eigenvalue weighted by molar-refractivity contribution is -0.141. The highest BCUT2D eigenvalue weighted by atomic mass is 19.4. The number of benzene rings is 2. The van der Waals surface area contributed by atoms with Gasteiger partial charge in [-0.05, 0) is 87.0 Å². The molecule has 7 heteroatoms. The van der Waals surface area contributed by atoms with Crippen LogP contribution in [0.4, 0.5) is 17.6 Å². The largest absolute Gasteiger partial charge is 0.493 e. The van der Waals surface area contributed by atoms with Gasteiger partial charge in [0, 0.05) is 12.2 Å². The van der Waals surface area contributed by atoms with E-state index in [0.29, 0.717) is 30.1 Å². The van der Waals surface area contributed by atoms with Crippen molar-refractivity contribution in [2.45, 2.75) is 89.5 Å². The second-order valence-electron chi connectivity index (χ2n) is 10.3. The predicted molar refractivity (Wildman–Crippen MR) is 136 cm³/mol. The van der Waals surface area contributed by atoms with Crippen molar-refractivity contribution in [3.05, 3.63) is 53.3 Å². The third-order valence-electron chi connectivity index (χ3n) is 7.80. The number of alkyl halides is 3. The van der Waals surface area contributed by atoms with E-state index in [1.165, 1.54) is 12.1 Å². The smallest absolute Gasteiger partial charge is 0.422 e. The van der Waals surface area contributed by atoms with Crippen LogP contribution in [0, 0.1) is 11.7 Å². The van der Waals surface area contributed by atoms with Crippen LogP contribution in [-0.2, 0) is 15.7 Å². The van der Waals surface area contributed by atoms with Gasteiger partial charge in [0.1, 0.15) is 17.1 Å². The van der Waals surface area contributed by atoms with Gasteiger partial charge in [-0.1, -0.05) is 37.6 Å². The third-order valence-corrected chi connectivity index (χ3v) is 7.80. The molecular formula is C30H38F4O3. The summed E-state index contributed by atoms with van der Waals surface area (Å²) < 4.78 is 72.8. The lowest BCUT2D eigenvalue weighted by Gasteiger charge is -2.38. The van der Waals surface area contributed by atoms with Gasteiger partial charge in [-0.25, -0.2) is 4.39 Å². The Balaban J connectivity index is 1.35. The highest BCUT2D eigenvalue weighted by molar-refractivity contribution is 5.67. The van der Waals surface area contributed by atoms with Crippen LogP contribution >= 0.6 is 0 Å². The van der Waals surface area contributed by atoms with Gasteiger partial charge < -0.3 is 14.2 Å². The van der Waals surface area contributed by atoms with E-state index in [4.69, 9.17) is 14.2 Å². The van der Waals surface area contributed by atoms with Gasteiger partial charge >= 0.3 is 6.18 Å². The van der Waals surface area contributed by atoms with E-state index in [1.54, 1.807) is 19.1 Å². The van der Waals surface area contributed by atoms with Crippen LogP contribution < -0.4 is 4.74 Å². The van der Waals surface area contributed by atoms with Gasteiger partial charge in [0.05, 0.1) is 25.4 Å². The normalized spacial score (nSPS) is 24.7. The average Bonchev–Trinajstić information content (AvgIpc) is 2.89. The fraction of sp³-hybridized carbons (Fsp3) is 0.600. The van der Waals surface area contributed by atoms with Crippen LogP contribution in [0.15, 0.2) is 36.4 Å². The number of ether oxygens (including phenoxy) is 3. The molecule has 0 N–H and O–H groups in total. The minimum absolute atomic E-state index is 0.0274. The van der Waals surface area contributed by atoms with Crippen LogP contribution in [0.25, 0.3) is 11.1 Å². The van der Waals surface area contributed by atoms with E-state index in [9.17, 15) is 17.6 Å². The molecule has 3 nitrogen and oxygen atoms in total. The highest BCUT2D eigenvalue weighted by Gasteiger charge is 2.39. The van der Waals surface area contributed by atoms with Crippen LogP contribution in [0.1, 0.15) is 82.3 Å². The SMILES string of the molecule is CCCCOC1CCC(C2CCC(c3ccc(-c4ccc(OCC)c(C(F)(F)F)c4F)cc3)CC2)OC1. The quantitative estimate of drug-likeness (QED) is 0.244. The fourth-order valence-electron chi connectivity index (χ4n) is 5.73. The lowest BCUT2D eigenvalue weighted by atomic mass is 9.75. The molecule has 1 aliphatic heterocycles. The van der Waals surface area contributed by atoms with Crippen LogP contribution in [0.5, 0.6) is 5.75 Å². The Morgan fingerprint density at radius 3 is 2.24 bits per heavy atom. The Hall–Kier alpha value is -2.12. The molecule has 204 valence electrons. The van der Waals surface area contributed by atoms with Gasteiger partial charge in [-0.3, -0.25) is 0 Å². The molecular weight excluding hydrogens is 484 g/mol. The number of hydrogen-bond donors (Lipinski definition) is 0. The molecule has 37 heavy (non-hydrogen) atoms.